The number of hydrogen-bond donors (Lipinski definition) is 0. The van der Waals surface area contributed by atoms with Crippen molar-refractivity contribution in [1.82, 2.24) is 20.3 Å². The highest BCUT2D eigenvalue weighted by Crippen LogP contribution is 2.41. The van der Waals surface area contributed by atoms with Crippen molar-refractivity contribution in [1.29, 1.82) is 0 Å². The molecule has 0 saturated heterocycles. The van der Waals surface area contributed by atoms with Crippen LogP contribution < -0.4 is 4.74 Å². The van der Waals surface area contributed by atoms with Crippen molar-refractivity contribution < 1.29 is 14.2 Å². The fraction of sp³-hybridized carbons (Fsp3) is 0.214. The summed E-state index contributed by atoms with van der Waals surface area (Å²) in [6.45, 7) is 3.82. The van der Waals surface area contributed by atoms with Crippen LogP contribution in [-0.4, -0.2) is 33.2 Å². The fourth-order valence-corrected chi connectivity index (χ4v) is 2.68. The molecule has 1 aromatic carbocycles. The summed E-state index contributed by atoms with van der Waals surface area (Å²) < 4.78 is 9.96. The van der Waals surface area contributed by atoms with Gasteiger partial charge in [0.1, 0.15) is 17.1 Å². The van der Waals surface area contributed by atoms with Gasteiger partial charge in [-0.3, -0.25) is 4.79 Å². The molecule has 0 amide bonds. The predicted octanol–water partition coefficient (Wildman–Crippen LogP) is 1.85. The molecule has 1 aliphatic carbocycles. The summed E-state index contributed by atoms with van der Waals surface area (Å²) in [5.41, 5.74) is 4.44. The average molecular weight is 282 g/mol. The van der Waals surface area contributed by atoms with Gasteiger partial charge in [0.05, 0.1) is 7.11 Å². The molecule has 2 heterocycles. The van der Waals surface area contributed by atoms with Crippen LogP contribution in [0.4, 0.5) is 0 Å². The van der Waals surface area contributed by atoms with E-state index in [9.17, 15) is 4.79 Å². The monoisotopic (exact) mass is 282 g/mol. The van der Waals surface area contributed by atoms with E-state index in [-0.39, 0.29) is 22.8 Å². The Kier molecular flexibility index (Phi) is 2.19. The molecule has 0 aliphatic heterocycles. The number of nitrogens with zero attached hydrogens (tertiary/aromatic N) is 4. The third-order valence-corrected chi connectivity index (χ3v) is 3.88. The Labute approximate surface area is 118 Å². The normalized spacial score (nSPS) is 12.6. The first-order chi connectivity index (χ1) is 10.1. The molecule has 0 N–H and O–H groups in total. The Morgan fingerprint density at radius 3 is 2.38 bits per heavy atom. The third kappa shape index (κ3) is 1.40. The van der Waals surface area contributed by atoms with Crippen LogP contribution in [0.1, 0.15) is 27.2 Å². The number of aromatic nitrogens is 4. The van der Waals surface area contributed by atoms with Crippen molar-refractivity contribution >= 4 is 17.1 Å². The van der Waals surface area contributed by atoms with Crippen molar-refractivity contribution in [2.75, 3.05) is 7.11 Å². The zero-order chi connectivity index (χ0) is 14.7. The zero-order valence-corrected chi connectivity index (χ0v) is 11.6. The first-order valence-corrected chi connectivity index (χ1v) is 6.35. The highest BCUT2D eigenvalue weighted by Gasteiger charge is 2.34. The number of ketones is 1. The minimum atomic E-state index is -0.152. The van der Waals surface area contributed by atoms with Crippen LogP contribution in [0.15, 0.2) is 10.7 Å². The second-order valence-corrected chi connectivity index (χ2v) is 4.91. The summed E-state index contributed by atoms with van der Waals surface area (Å²) in [6.07, 6.45) is 0. The van der Waals surface area contributed by atoms with E-state index in [0.29, 0.717) is 22.6 Å². The molecule has 0 bridgehead atoms. The van der Waals surface area contributed by atoms with Gasteiger partial charge in [0.15, 0.2) is 0 Å². The molecule has 1 aliphatic rings. The lowest BCUT2D eigenvalue weighted by Crippen LogP contribution is -2.03. The minimum absolute atomic E-state index is 0.152. The summed E-state index contributed by atoms with van der Waals surface area (Å²) in [5.74, 6) is 0.563. The molecule has 0 saturated carbocycles. The Morgan fingerprint density at radius 2 is 1.71 bits per heavy atom. The molecule has 4 rings (SSSR count). The van der Waals surface area contributed by atoms with Gasteiger partial charge in [0.2, 0.25) is 17.1 Å². The summed E-state index contributed by atoms with van der Waals surface area (Å²) >= 11 is 0. The lowest BCUT2D eigenvalue weighted by Gasteiger charge is -2.11. The van der Waals surface area contributed by atoms with E-state index in [2.05, 4.69) is 24.9 Å². The maximum Gasteiger partial charge on any atom is 0.244 e. The quantitative estimate of drug-likeness (QED) is 0.526. The largest absolute Gasteiger partial charge is 0.496 e. The maximum atomic E-state index is 12.6. The van der Waals surface area contributed by atoms with Crippen LogP contribution >= 0.6 is 0 Å². The highest BCUT2D eigenvalue weighted by atomic mass is 16.6. The maximum absolute atomic E-state index is 12.6. The van der Waals surface area contributed by atoms with E-state index in [0.717, 1.165) is 11.1 Å². The van der Waals surface area contributed by atoms with Crippen molar-refractivity contribution in [2.45, 2.75) is 13.8 Å². The first kappa shape index (κ1) is 12.0. The minimum Gasteiger partial charge on any atom is -0.496 e. The standard InChI is InChI=1S/C14H10N4O3/c1-5-6(2)9-7(4-8(5)20-3)10-11(12(9)19)16-14-13(15-10)17-21-18-14/h4H,1-3H3. The number of benzene rings is 1. The number of carbonyl (C=O) groups is 1. The van der Waals surface area contributed by atoms with E-state index in [4.69, 9.17) is 4.74 Å². The van der Waals surface area contributed by atoms with E-state index < -0.39 is 0 Å². The number of rotatable bonds is 1. The Bertz CT molecular complexity index is 930. The molecule has 0 radical (unpaired) electrons. The molecule has 2 aromatic heterocycles. The van der Waals surface area contributed by atoms with Gasteiger partial charge in [-0.05, 0) is 41.4 Å². The SMILES string of the molecule is COc1cc2c(c(C)c1C)C(=O)c1nc3nonc3nc1-2. The number of ether oxygens (including phenoxy) is 1. The molecule has 7 heteroatoms. The van der Waals surface area contributed by atoms with Gasteiger partial charge in [-0.1, -0.05) is 0 Å². The second-order valence-electron chi connectivity index (χ2n) is 4.91. The molecule has 0 atom stereocenters. The fourth-order valence-electron chi connectivity index (χ4n) is 2.68. The third-order valence-electron chi connectivity index (χ3n) is 3.88. The molecule has 0 unspecified atom stereocenters. The molecular weight excluding hydrogens is 272 g/mol. The van der Waals surface area contributed by atoms with Crippen LogP contribution in [0.3, 0.4) is 0 Å². The number of fused-ring (bicyclic) bond motifs is 4. The average Bonchev–Trinajstić information content (AvgIpc) is 3.04. The smallest absolute Gasteiger partial charge is 0.244 e. The predicted molar refractivity (Wildman–Crippen MR) is 72.3 cm³/mol. The Morgan fingerprint density at radius 1 is 1.05 bits per heavy atom. The van der Waals surface area contributed by atoms with Crippen molar-refractivity contribution in [3.63, 3.8) is 0 Å². The van der Waals surface area contributed by atoms with Gasteiger partial charge in [0, 0.05) is 11.1 Å². The van der Waals surface area contributed by atoms with Crippen LogP contribution in [0, 0.1) is 13.8 Å². The zero-order valence-electron chi connectivity index (χ0n) is 11.6. The molecule has 0 fully saturated rings. The summed E-state index contributed by atoms with van der Waals surface area (Å²) in [5, 5.41) is 7.30. The van der Waals surface area contributed by atoms with Crippen LogP contribution in [0.2, 0.25) is 0 Å². The summed E-state index contributed by atoms with van der Waals surface area (Å²) in [6, 6.07) is 1.81. The summed E-state index contributed by atoms with van der Waals surface area (Å²) in [7, 11) is 1.60. The van der Waals surface area contributed by atoms with E-state index >= 15 is 0 Å². The highest BCUT2D eigenvalue weighted by molar-refractivity contribution is 6.21. The van der Waals surface area contributed by atoms with Gasteiger partial charge in [-0.15, -0.1) is 0 Å². The summed E-state index contributed by atoms with van der Waals surface area (Å²) in [4.78, 5) is 21.2. The van der Waals surface area contributed by atoms with E-state index in [1.165, 1.54) is 0 Å². The van der Waals surface area contributed by atoms with Gasteiger partial charge >= 0.3 is 0 Å². The number of methoxy groups -OCH3 is 1. The van der Waals surface area contributed by atoms with Crippen LogP contribution in [-0.2, 0) is 0 Å². The van der Waals surface area contributed by atoms with Crippen molar-refractivity contribution in [3.8, 4) is 17.0 Å². The Hall–Kier alpha value is -2.83. The topological polar surface area (TPSA) is 91.0 Å². The molecule has 7 nitrogen and oxygen atoms in total. The van der Waals surface area contributed by atoms with Gasteiger partial charge in [0.25, 0.3) is 0 Å². The van der Waals surface area contributed by atoms with E-state index in [1.807, 2.05) is 19.9 Å². The second kappa shape index (κ2) is 3.85. The molecule has 3 aromatic rings. The van der Waals surface area contributed by atoms with E-state index in [1.54, 1.807) is 7.11 Å². The van der Waals surface area contributed by atoms with Gasteiger partial charge in [-0.25, -0.2) is 14.6 Å². The van der Waals surface area contributed by atoms with Crippen LogP contribution in [0.5, 0.6) is 5.75 Å². The van der Waals surface area contributed by atoms with Crippen molar-refractivity contribution in [3.05, 3.63) is 28.5 Å². The molecule has 104 valence electrons. The molecule has 0 spiro atoms. The number of carbonyl (C=O) groups excluding carboxylic acids is 1. The molecule has 21 heavy (non-hydrogen) atoms. The van der Waals surface area contributed by atoms with Crippen LogP contribution in [0.25, 0.3) is 22.6 Å². The number of hydrogen-bond acceptors (Lipinski definition) is 7. The first-order valence-electron chi connectivity index (χ1n) is 6.35. The van der Waals surface area contributed by atoms with Gasteiger partial charge in [-0.2, -0.15) is 0 Å². The molecular formula is C14H10N4O3. The van der Waals surface area contributed by atoms with Crippen molar-refractivity contribution in [2.24, 2.45) is 0 Å². The lowest BCUT2D eigenvalue weighted by atomic mass is 9.97. The lowest BCUT2D eigenvalue weighted by molar-refractivity contribution is 0.103. The Balaban J connectivity index is 2.11. The van der Waals surface area contributed by atoms with Gasteiger partial charge < -0.3 is 4.74 Å².